The second-order valence-electron chi connectivity index (χ2n) is 4.62. The molecule has 7 heteroatoms. The minimum atomic E-state index is -1.13. The predicted octanol–water partition coefficient (Wildman–Crippen LogP) is 0.189. The summed E-state index contributed by atoms with van der Waals surface area (Å²) in [4.78, 5) is 48.3. The van der Waals surface area contributed by atoms with Gasteiger partial charge in [-0.3, -0.25) is 29.3 Å². The van der Waals surface area contributed by atoms with Crippen molar-refractivity contribution >= 4 is 23.6 Å². The van der Waals surface area contributed by atoms with Crippen LogP contribution in [-0.2, 0) is 9.59 Å². The smallest absolute Gasteiger partial charge is 0.276 e. The number of hydrogen-bond donors (Lipinski definition) is 1. The van der Waals surface area contributed by atoms with Crippen LogP contribution in [0.1, 0.15) is 33.6 Å². The first-order chi connectivity index (χ1) is 9.52. The summed E-state index contributed by atoms with van der Waals surface area (Å²) in [7, 11) is 0. The Bertz CT molecular complexity index is 619. The fourth-order valence-electron chi connectivity index (χ4n) is 2.48. The summed E-state index contributed by atoms with van der Waals surface area (Å²) in [5.74, 6) is -2.84. The third-order valence-electron chi connectivity index (χ3n) is 3.50. The Hall–Kier alpha value is -2.54. The summed E-state index contributed by atoms with van der Waals surface area (Å²) < 4.78 is 0. The van der Waals surface area contributed by atoms with Gasteiger partial charge >= 0.3 is 0 Å². The van der Waals surface area contributed by atoms with Crippen LogP contribution in [0.25, 0.3) is 0 Å². The van der Waals surface area contributed by atoms with Gasteiger partial charge < -0.3 is 0 Å². The predicted molar refractivity (Wildman–Crippen MR) is 63.6 cm³/mol. The summed E-state index contributed by atoms with van der Waals surface area (Å²) in [5.41, 5.74) is 0.457. The molecule has 0 aliphatic carbocycles. The summed E-state index contributed by atoms with van der Waals surface area (Å²) in [6, 6.07) is 5.12. The number of imide groups is 2. The van der Waals surface area contributed by atoms with Crippen LogP contribution in [0.15, 0.2) is 24.3 Å². The molecule has 1 aromatic rings. The van der Waals surface area contributed by atoms with Crippen LogP contribution in [0.2, 0.25) is 0 Å². The van der Waals surface area contributed by atoms with E-state index in [9.17, 15) is 24.4 Å². The molecule has 2 aliphatic rings. The molecule has 1 aromatic carbocycles. The molecule has 1 unspecified atom stereocenters. The number of carbonyl (C=O) groups excluding carboxylic acids is 4. The van der Waals surface area contributed by atoms with Crippen LogP contribution in [0.5, 0.6) is 0 Å². The van der Waals surface area contributed by atoms with E-state index in [4.69, 9.17) is 0 Å². The van der Waals surface area contributed by atoms with E-state index in [0.717, 1.165) is 4.90 Å². The first-order valence-corrected chi connectivity index (χ1v) is 6.05. The maximum atomic E-state index is 12.2. The molecule has 7 nitrogen and oxygen atoms in total. The molecule has 102 valence electrons. The van der Waals surface area contributed by atoms with Crippen LogP contribution < -0.4 is 0 Å². The molecule has 0 saturated carbocycles. The van der Waals surface area contributed by atoms with E-state index in [-0.39, 0.29) is 29.0 Å². The average molecular weight is 274 g/mol. The fraction of sp³-hybridized carbons (Fsp3) is 0.231. The Morgan fingerprint density at radius 3 is 2.10 bits per heavy atom. The van der Waals surface area contributed by atoms with Crippen molar-refractivity contribution < 1.29 is 24.4 Å². The number of piperidine rings is 1. The lowest BCUT2D eigenvalue weighted by Gasteiger charge is -2.30. The van der Waals surface area contributed by atoms with E-state index in [0.29, 0.717) is 0 Å². The molecule has 0 bridgehead atoms. The maximum Gasteiger partial charge on any atom is 0.276 e. The minimum absolute atomic E-state index is 0.0162. The van der Waals surface area contributed by atoms with Gasteiger partial charge in [-0.25, -0.2) is 0 Å². The molecule has 1 atom stereocenters. The van der Waals surface area contributed by atoms with Crippen molar-refractivity contribution in [2.24, 2.45) is 0 Å². The van der Waals surface area contributed by atoms with Gasteiger partial charge in [0.25, 0.3) is 23.6 Å². The molecule has 4 amide bonds. The second kappa shape index (κ2) is 4.24. The molecular formula is C13H10N2O5. The van der Waals surface area contributed by atoms with E-state index >= 15 is 0 Å². The molecule has 1 N–H and O–H groups in total. The number of nitrogens with zero attached hydrogens (tertiary/aromatic N) is 2. The second-order valence-corrected chi connectivity index (χ2v) is 4.62. The third kappa shape index (κ3) is 1.56. The van der Waals surface area contributed by atoms with Crippen LogP contribution in [0.3, 0.4) is 0 Å². The lowest BCUT2D eigenvalue weighted by atomic mass is 10.0. The number of rotatable bonds is 1. The molecule has 2 aliphatic heterocycles. The van der Waals surface area contributed by atoms with E-state index < -0.39 is 29.7 Å². The quantitative estimate of drug-likeness (QED) is 0.582. The van der Waals surface area contributed by atoms with Gasteiger partial charge in [-0.05, 0) is 18.6 Å². The summed E-state index contributed by atoms with van der Waals surface area (Å²) in [6.45, 7) is 0. The number of fused-ring (bicyclic) bond motifs is 1. The van der Waals surface area contributed by atoms with Gasteiger partial charge in [-0.15, -0.1) is 0 Å². The Labute approximate surface area is 113 Å². The summed E-state index contributed by atoms with van der Waals surface area (Å²) in [6.07, 6.45) is -0.0689. The normalized spacial score (nSPS) is 22.6. The molecular weight excluding hydrogens is 264 g/mol. The molecule has 0 aromatic heterocycles. The highest BCUT2D eigenvalue weighted by atomic mass is 16.5. The zero-order chi connectivity index (χ0) is 14.4. The van der Waals surface area contributed by atoms with Crippen LogP contribution in [-0.4, -0.2) is 44.8 Å². The lowest BCUT2D eigenvalue weighted by Crippen LogP contribution is -2.55. The van der Waals surface area contributed by atoms with E-state index in [2.05, 4.69) is 0 Å². The standard InChI is InChI=1S/C13H10N2O5/c16-10-6-5-9(13(19)15(10)20)14-11(17)7-3-1-2-4-8(7)12(14)18/h1-4,9,20H,5-6H2. The highest BCUT2D eigenvalue weighted by molar-refractivity contribution is 6.23. The molecule has 2 heterocycles. The molecule has 1 fully saturated rings. The average Bonchev–Trinajstić information content (AvgIpc) is 2.70. The van der Waals surface area contributed by atoms with E-state index in [1.54, 1.807) is 12.1 Å². The third-order valence-corrected chi connectivity index (χ3v) is 3.50. The Kier molecular flexibility index (Phi) is 2.65. The highest BCUT2D eigenvalue weighted by Gasteiger charge is 2.46. The first-order valence-electron chi connectivity index (χ1n) is 6.05. The van der Waals surface area contributed by atoms with Crippen LogP contribution in [0.4, 0.5) is 0 Å². The minimum Gasteiger partial charge on any atom is -0.278 e. The molecule has 3 rings (SSSR count). The van der Waals surface area contributed by atoms with Crippen molar-refractivity contribution in [2.75, 3.05) is 0 Å². The summed E-state index contributed by atoms with van der Waals surface area (Å²) in [5, 5.41) is 9.34. The van der Waals surface area contributed by atoms with Gasteiger partial charge in [0.05, 0.1) is 11.1 Å². The van der Waals surface area contributed by atoms with Gasteiger partial charge in [0.1, 0.15) is 6.04 Å². The lowest BCUT2D eigenvalue weighted by molar-refractivity contribution is -0.186. The summed E-state index contributed by atoms with van der Waals surface area (Å²) >= 11 is 0. The fourth-order valence-corrected chi connectivity index (χ4v) is 2.48. The maximum absolute atomic E-state index is 12.2. The molecule has 1 saturated heterocycles. The van der Waals surface area contributed by atoms with Crippen molar-refractivity contribution in [2.45, 2.75) is 18.9 Å². The number of carbonyl (C=O) groups is 4. The number of amides is 4. The van der Waals surface area contributed by atoms with Gasteiger partial charge in [-0.2, -0.15) is 5.06 Å². The van der Waals surface area contributed by atoms with Crippen molar-refractivity contribution in [1.29, 1.82) is 0 Å². The largest absolute Gasteiger partial charge is 0.278 e. The highest BCUT2D eigenvalue weighted by Crippen LogP contribution is 2.28. The van der Waals surface area contributed by atoms with E-state index in [1.165, 1.54) is 12.1 Å². The zero-order valence-electron chi connectivity index (χ0n) is 10.3. The van der Waals surface area contributed by atoms with Crippen molar-refractivity contribution in [3.63, 3.8) is 0 Å². The Morgan fingerprint density at radius 1 is 1.00 bits per heavy atom. The zero-order valence-corrected chi connectivity index (χ0v) is 10.3. The van der Waals surface area contributed by atoms with Gasteiger partial charge in [0, 0.05) is 6.42 Å². The Morgan fingerprint density at radius 2 is 1.55 bits per heavy atom. The monoisotopic (exact) mass is 274 g/mol. The van der Waals surface area contributed by atoms with E-state index in [1.807, 2.05) is 0 Å². The number of hydroxylamine groups is 2. The molecule has 0 radical (unpaired) electrons. The molecule has 0 spiro atoms. The van der Waals surface area contributed by atoms with Gasteiger partial charge in [0.2, 0.25) is 0 Å². The molecule has 20 heavy (non-hydrogen) atoms. The van der Waals surface area contributed by atoms with Crippen molar-refractivity contribution in [3.8, 4) is 0 Å². The van der Waals surface area contributed by atoms with Crippen LogP contribution >= 0.6 is 0 Å². The Balaban J connectivity index is 1.97. The first kappa shape index (κ1) is 12.5. The van der Waals surface area contributed by atoms with Crippen LogP contribution in [0, 0.1) is 0 Å². The number of benzene rings is 1. The van der Waals surface area contributed by atoms with Crippen molar-refractivity contribution in [1.82, 2.24) is 9.96 Å². The topological polar surface area (TPSA) is 95.0 Å². The number of hydrogen-bond acceptors (Lipinski definition) is 5. The SMILES string of the molecule is O=C1CCC(N2C(=O)c3ccccc3C2=O)C(=O)N1O. The van der Waals surface area contributed by atoms with Crippen molar-refractivity contribution in [3.05, 3.63) is 35.4 Å². The van der Waals surface area contributed by atoms with Gasteiger partial charge in [0.15, 0.2) is 0 Å². The van der Waals surface area contributed by atoms with Gasteiger partial charge in [-0.1, -0.05) is 12.1 Å².